The molecule has 0 radical (unpaired) electrons. The molecule has 0 amide bonds. The van der Waals surface area contributed by atoms with Crippen molar-refractivity contribution in [2.24, 2.45) is 0 Å². The summed E-state index contributed by atoms with van der Waals surface area (Å²) in [6.07, 6.45) is 1.19. The Bertz CT molecular complexity index is 1130. The highest BCUT2D eigenvalue weighted by atomic mass is 35.5. The van der Waals surface area contributed by atoms with Crippen molar-refractivity contribution in [3.8, 4) is 5.88 Å². The molecule has 0 unspecified atom stereocenters. The van der Waals surface area contributed by atoms with Crippen LogP contribution in [0.4, 0.5) is 5.82 Å². The molecule has 0 atom stereocenters. The fraction of sp³-hybridized carbons (Fsp3) is 0.118. The summed E-state index contributed by atoms with van der Waals surface area (Å²) >= 11 is 17.8. The van der Waals surface area contributed by atoms with Crippen molar-refractivity contribution in [2.75, 3.05) is 4.72 Å². The average molecular weight is 460 g/mol. The van der Waals surface area contributed by atoms with Gasteiger partial charge in [0.2, 0.25) is 5.82 Å². The maximum Gasteiger partial charge on any atom is 0.264 e. The molecule has 0 aliphatic rings. The molecule has 7 nitrogen and oxygen atoms in total. The third-order valence-corrected chi connectivity index (χ3v) is 5.94. The molecule has 0 spiro atoms. The van der Waals surface area contributed by atoms with Crippen LogP contribution >= 0.6 is 34.8 Å². The lowest BCUT2D eigenvalue weighted by Gasteiger charge is -2.13. The number of ether oxygens (including phenoxy) is 1. The van der Waals surface area contributed by atoms with Crippen molar-refractivity contribution in [1.82, 2.24) is 15.0 Å². The van der Waals surface area contributed by atoms with E-state index in [-0.39, 0.29) is 38.4 Å². The lowest BCUT2D eigenvalue weighted by atomic mass is 10.3. The van der Waals surface area contributed by atoms with Gasteiger partial charge in [-0.2, -0.15) is 4.98 Å². The highest BCUT2D eigenvalue weighted by molar-refractivity contribution is 7.92. The maximum absolute atomic E-state index is 12.7. The van der Waals surface area contributed by atoms with Crippen LogP contribution < -0.4 is 9.46 Å². The molecule has 146 valence electrons. The van der Waals surface area contributed by atoms with Gasteiger partial charge in [0.05, 0.1) is 21.9 Å². The number of hydrogen-bond donors (Lipinski definition) is 1. The van der Waals surface area contributed by atoms with Gasteiger partial charge in [0.1, 0.15) is 11.5 Å². The summed E-state index contributed by atoms with van der Waals surface area (Å²) in [6.45, 7) is 1.89. The smallest absolute Gasteiger partial charge is 0.264 e. The Morgan fingerprint density at radius 3 is 2.57 bits per heavy atom. The topological polar surface area (TPSA) is 94.1 Å². The summed E-state index contributed by atoms with van der Waals surface area (Å²) in [5.74, 6) is -0.245. The zero-order valence-electron chi connectivity index (χ0n) is 14.4. The van der Waals surface area contributed by atoms with Gasteiger partial charge in [-0.25, -0.2) is 13.4 Å². The molecule has 3 aromatic rings. The first-order valence-electron chi connectivity index (χ1n) is 7.81. The van der Waals surface area contributed by atoms with Gasteiger partial charge in [0, 0.05) is 5.69 Å². The summed E-state index contributed by atoms with van der Waals surface area (Å²) in [7, 11) is -4.10. The first kappa shape index (κ1) is 20.6. The second kappa shape index (κ2) is 8.48. The number of hydrogen-bond acceptors (Lipinski definition) is 6. The number of rotatable bonds is 6. The molecule has 0 fully saturated rings. The summed E-state index contributed by atoms with van der Waals surface area (Å²) in [5.41, 5.74) is 1.45. The third kappa shape index (κ3) is 4.82. The van der Waals surface area contributed by atoms with Crippen molar-refractivity contribution >= 4 is 50.6 Å². The zero-order valence-corrected chi connectivity index (χ0v) is 17.4. The molecule has 2 heterocycles. The van der Waals surface area contributed by atoms with Crippen LogP contribution in [0.1, 0.15) is 11.4 Å². The van der Waals surface area contributed by atoms with E-state index in [0.29, 0.717) is 5.69 Å². The molecule has 0 bridgehead atoms. The van der Waals surface area contributed by atoms with Crippen molar-refractivity contribution in [2.45, 2.75) is 18.4 Å². The minimum Gasteiger partial charge on any atom is -0.468 e. The number of pyridine rings is 1. The SMILES string of the molecule is Cc1cccc(COc2nc(Cl)cnc2NS(=O)(=O)c2cccc(Cl)c2Cl)n1. The van der Waals surface area contributed by atoms with Crippen LogP contribution in [0.2, 0.25) is 15.2 Å². The quantitative estimate of drug-likeness (QED) is 0.582. The Labute approximate surface area is 176 Å². The number of nitrogens with one attached hydrogen (secondary N) is 1. The molecular weight excluding hydrogens is 447 g/mol. The molecule has 0 aliphatic heterocycles. The summed E-state index contributed by atoms with van der Waals surface area (Å²) in [6, 6.07) is 9.70. The molecule has 1 aromatic carbocycles. The third-order valence-electron chi connectivity index (χ3n) is 3.45. The Balaban J connectivity index is 1.89. The molecule has 0 saturated heterocycles. The number of benzene rings is 1. The Morgan fingerprint density at radius 1 is 1.07 bits per heavy atom. The van der Waals surface area contributed by atoms with Crippen molar-refractivity contribution < 1.29 is 13.2 Å². The molecule has 0 saturated carbocycles. The van der Waals surface area contributed by atoms with Gasteiger partial charge in [0.25, 0.3) is 15.9 Å². The van der Waals surface area contributed by atoms with E-state index in [0.717, 1.165) is 5.69 Å². The lowest BCUT2D eigenvalue weighted by molar-refractivity contribution is 0.290. The number of aromatic nitrogens is 3. The van der Waals surface area contributed by atoms with E-state index >= 15 is 0 Å². The van der Waals surface area contributed by atoms with E-state index < -0.39 is 10.0 Å². The van der Waals surface area contributed by atoms with Crippen molar-refractivity contribution in [3.05, 3.63) is 69.2 Å². The predicted octanol–water partition coefficient (Wildman–Crippen LogP) is 4.52. The largest absolute Gasteiger partial charge is 0.468 e. The van der Waals surface area contributed by atoms with Gasteiger partial charge < -0.3 is 4.74 Å². The molecule has 2 aromatic heterocycles. The lowest BCUT2D eigenvalue weighted by Crippen LogP contribution is -2.16. The second-order valence-corrected chi connectivity index (χ2v) is 8.39. The van der Waals surface area contributed by atoms with E-state index in [1.165, 1.54) is 24.4 Å². The van der Waals surface area contributed by atoms with Crippen LogP contribution in [-0.4, -0.2) is 23.4 Å². The standard InChI is InChI=1S/C17H13Cl3N4O3S/c1-10-4-2-5-11(22-10)9-27-17-16(21-8-14(19)23-17)24-28(25,26)13-7-3-6-12(18)15(13)20/h2-8H,9H2,1H3,(H,21,24). The van der Waals surface area contributed by atoms with Crippen LogP contribution in [0, 0.1) is 6.92 Å². The van der Waals surface area contributed by atoms with E-state index in [9.17, 15) is 8.42 Å². The first-order valence-corrected chi connectivity index (χ1v) is 10.4. The van der Waals surface area contributed by atoms with Crippen molar-refractivity contribution in [3.63, 3.8) is 0 Å². The van der Waals surface area contributed by atoms with E-state index in [2.05, 4.69) is 19.7 Å². The fourth-order valence-corrected chi connectivity index (χ4v) is 4.11. The van der Waals surface area contributed by atoms with Crippen LogP contribution in [0.5, 0.6) is 5.88 Å². The van der Waals surface area contributed by atoms with Gasteiger partial charge in [-0.3, -0.25) is 9.71 Å². The van der Waals surface area contributed by atoms with Gasteiger partial charge in [0.15, 0.2) is 5.15 Å². The van der Waals surface area contributed by atoms with Crippen LogP contribution in [-0.2, 0) is 16.6 Å². The number of halogens is 3. The predicted molar refractivity (Wildman–Crippen MR) is 108 cm³/mol. The Kier molecular flexibility index (Phi) is 6.24. The normalized spacial score (nSPS) is 11.3. The average Bonchev–Trinajstić information content (AvgIpc) is 2.64. The molecule has 1 N–H and O–H groups in total. The molecule has 3 rings (SSSR count). The molecule has 11 heteroatoms. The van der Waals surface area contributed by atoms with Gasteiger partial charge >= 0.3 is 0 Å². The van der Waals surface area contributed by atoms with Crippen LogP contribution in [0.3, 0.4) is 0 Å². The zero-order chi connectivity index (χ0) is 20.3. The Morgan fingerprint density at radius 2 is 1.82 bits per heavy atom. The van der Waals surface area contributed by atoms with Gasteiger partial charge in [-0.05, 0) is 31.2 Å². The minimum atomic E-state index is -4.10. The van der Waals surface area contributed by atoms with E-state index in [4.69, 9.17) is 39.5 Å². The number of anilines is 1. The number of aryl methyl sites for hydroxylation is 1. The van der Waals surface area contributed by atoms with Gasteiger partial charge in [-0.1, -0.05) is 46.9 Å². The first-order chi connectivity index (χ1) is 13.3. The Hall–Kier alpha value is -2.13. The molecule has 28 heavy (non-hydrogen) atoms. The van der Waals surface area contributed by atoms with Crippen LogP contribution in [0.25, 0.3) is 0 Å². The fourth-order valence-electron chi connectivity index (χ4n) is 2.22. The summed E-state index contributed by atoms with van der Waals surface area (Å²) in [4.78, 5) is 12.1. The molecular formula is C17H13Cl3N4O3S. The highest BCUT2D eigenvalue weighted by Crippen LogP contribution is 2.31. The van der Waals surface area contributed by atoms with Crippen LogP contribution in [0.15, 0.2) is 47.5 Å². The molecule has 0 aliphatic carbocycles. The van der Waals surface area contributed by atoms with E-state index in [1.54, 1.807) is 6.07 Å². The maximum atomic E-state index is 12.7. The highest BCUT2D eigenvalue weighted by Gasteiger charge is 2.23. The number of sulfonamides is 1. The summed E-state index contributed by atoms with van der Waals surface area (Å²) < 4.78 is 33.3. The van der Waals surface area contributed by atoms with E-state index in [1.807, 2.05) is 19.1 Å². The second-order valence-electron chi connectivity index (χ2n) is 5.56. The van der Waals surface area contributed by atoms with Crippen molar-refractivity contribution in [1.29, 1.82) is 0 Å². The summed E-state index contributed by atoms with van der Waals surface area (Å²) in [5, 5.41) is 0.0367. The number of nitrogens with zero attached hydrogens (tertiary/aromatic N) is 3. The minimum absolute atomic E-state index is 0.0379. The monoisotopic (exact) mass is 458 g/mol. The van der Waals surface area contributed by atoms with Gasteiger partial charge in [-0.15, -0.1) is 0 Å².